The summed E-state index contributed by atoms with van der Waals surface area (Å²) >= 11 is 0. The highest BCUT2D eigenvalue weighted by molar-refractivity contribution is 7.88. The van der Waals surface area contributed by atoms with E-state index in [0.717, 1.165) is 51.4 Å². The van der Waals surface area contributed by atoms with Gasteiger partial charge in [-0.2, -0.15) is 8.42 Å². The van der Waals surface area contributed by atoms with E-state index < -0.39 is 32.7 Å². The summed E-state index contributed by atoms with van der Waals surface area (Å²) in [4.78, 5) is 24.4. The quantitative estimate of drug-likeness (QED) is 0.0561. The summed E-state index contributed by atoms with van der Waals surface area (Å²) < 4.78 is 32.1. The first-order chi connectivity index (χ1) is 19.1. The third kappa shape index (κ3) is 17.0. The van der Waals surface area contributed by atoms with Gasteiger partial charge in [-0.15, -0.1) is 0 Å². The van der Waals surface area contributed by atoms with Gasteiger partial charge >= 0.3 is 11.9 Å². The summed E-state index contributed by atoms with van der Waals surface area (Å²) in [5, 5.41) is 19.8. The van der Waals surface area contributed by atoms with Crippen molar-refractivity contribution in [2.45, 2.75) is 186 Å². The maximum atomic E-state index is 12.4. The molecule has 0 aliphatic carbocycles. The molecule has 0 aliphatic rings. The molecule has 2 atom stereocenters. The van der Waals surface area contributed by atoms with Gasteiger partial charge in [0, 0.05) is 0 Å². The Hall–Kier alpha value is -1.15. The van der Waals surface area contributed by atoms with Gasteiger partial charge in [0.2, 0.25) is 4.75 Å². The van der Waals surface area contributed by atoms with Gasteiger partial charge < -0.3 is 10.2 Å². The van der Waals surface area contributed by atoms with Crippen LogP contribution in [0.15, 0.2) is 0 Å². The Morgan fingerprint density at radius 1 is 0.550 bits per heavy atom. The lowest BCUT2D eigenvalue weighted by atomic mass is 9.82. The monoisotopic (exact) mass is 590 g/mol. The second kappa shape index (κ2) is 24.4. The Bertz CT molecular complexity index is 738. The fourth-order valence-electron chi connectivity index (χ4n) is 5.82. The van der Waals surface area contributed by atoms with E-state index in [0.29, 0.717) is 12.8 Å². The molecule has 0 aromatic carbocycles. The SMILES string of the molecule is CCCCCCCCCCCCCCC(C(=O)O)C(CCCCCCCCCCCCCC)(C(=O)O)S(=O)(=O)O. The van der Waals surface area contributed by atoms with Crippen LogP contribution in [0.3, 0.4) is 0 Å². The van der Waals surface area contributed by atoms with Crippen molar-refractivity contribution in [1.29, 1.82) is 0 Å². The van der Waals surface area contributed by atoms with E-state index in [4.69, 9.17) is 0 Å². The lowest BCUT2D eigenvalue weighted by Gasteiger charge is -2.32. The minimum Gasteiger partial charge on any atom is -0.481 e. The van der Waals surface area contributed by atoms with Gasteiger partial charge in [-0.25, -0.2) is 0 Å². The van der Waals surface area contributed by atoms with Crippen molar-refractivity contribution < 1.29 is 32.8 Å². The third-order valence-electron chi connectivity index (χ3n) is 8.43. The zero-order chi connectivity index (χ0) is 30.1. The maximum absolute atomic E-state index is 12.4. The van der Waals surface area contributed by atoms with Crippen LogP contribution in [0.25, 0.3) is 0 Å². The number of hydrogen-bond acceptors (Lipinski definition) is 4. The maximum Gasteiger partial charge on any atom is 0.328 e. The van der Waals surface area contributed by atoms with Crippen molar-refractivity contribution in [3.8, 4) is 0 Å². The standard InChI is InChI=1S/C32H62O7S/c1-3-5-7-9-11-13-15-17-19-21-23-25-27-29(30(33)34)32(31(35)36,40(37,38)39)28-26-24-22-20-18-16-14-12-10-8-6-4-2/h29H,3-28H2,1-2H3,(H,33,34)(H,35,36)(H,37,38,39). The van der Waals surface area contributed by atoms with Crippen molar-refractivity contribution in [3.63, 3.8) is 0 Å². The fraction of sp³-hybridized carbons (Fsp3) is 0.938. The van der Waals surface area contributed by atoms with E-state index in [1.807, 2.05) is 0 Å². The third-order valence-corrected chi connectivity index (χ3v) is 10.0. The Labute approximate surface area is 246 Å². The summed E-state index contributed by atoms with van der Waals surface area (Å²) in [6.07, 6.45) is 25.2. The summed E-state index contributed by atoms with van der Waals surface area (Å²) in [6, 6.07) is 0. The average Bonchev–Trinajstić information content (AvgIpc) is 2.89. The molecular weight excluding hydrogens is 528 g/mol. The number of carbonyl (C=O) groups is 2. The molecule has 238 valence electrons. The molecule has 0 rings (SSSR count). The highest BCUT2D eigenvalue weighted by Crippen LogP contribution is 2.37. The largest absolute Gasteiger partial charge is 0.481 e. The van der Waals surface area contributed by atoms with Gasteiger partial charge in [0.05, 0.1) is 5.92 Å². The topological polar surface area (TPSA) is 129 Å². The zero-order valence-electron chi connectivity index (χ0n) is 25.8. The van der Waals surface area contributed by atoms with Crippen molar-refractivity contribution >= 4 is 22.1 Å². The number of aliphatic carboxylic acids is 2. The van der Waals surface area contributed by atoms with Crippen LogP contribution < -0.4 is 0 Å². The van der Waals surface area contributed by atoms with Crippen LogP contribution in [0, 0.1) is 5.92 Å². The van der Waals surface area contributed by atoms with Crippen molar-refractivity contribution in [2.24, 2.45) is 5.92 Å². The van der Waals surface area contributed by atoms with Crippen LogP contribution in [-0.4, -0.2) is 39.9 Å². The molecule has 0 radical (unpaired) electrons. The van der Waals surface area contributed by atoms with Crippen LogP contribution in [0.5, 0.6) is 0 Å². The molecule has 0 fully saturated rings. The Kier molecular flexibility index (Phi) is 23.7. The highest BCUT2D eigenvalue weighted by Gasteiger charge is 2.58. The molecule has 7 nitrogen and oxygen atoms in total. The molecule has 40 heavy (non-hydrogen) atoms. The molecule has 0 amide bonds. The smallest absolute Gasteiger partial charge is 0.328 e. The molecule has 0 aliphatic heterocycles. The molecule has 0 heterocycles. The summed E-state index contributed by atoms with van der Waals surface area (Å²) in [6.45, 7) is 4.42. The summed E-state index contributed by atoms with van der Waals surface area (Å²) in [5.41, 5.74) is 0. The first-order valence-corrected chi connectivity index (χ1v) is 18.0. The molecule has 0 aromatic heterocycles. The van der Waals surface area contributed by atoms with Crippen molar-refractivity contribution in [2.75, 3.05) is 0 Å². The highest BCUT2D eigenvalue weighted by atomic mass is 32.2. The first kappa shape index (κ1) is 38.9. The van der Waals surface area contributed by atoms with E-state index in [-0.39, 0.29) is 19.3 Å². The van der Waals surface area contributed by atoms with Crippen LogP contribution in [-0.2, 0) is 19.7 Å². The summed E-state index contributed by atoms with van der Waals surface area (Å²) in [7, 11) is -5.13. The second-order valence-corrected chi connectivity index (χ2v) is 13.6. The fourth-order valence-corrected chi connectivity index (χ4v) is 7.02. The van der Waals surface area contributed by atoms with Crippen LogP contribution >= 0.6 is 0 Å². The van der Waals surface area contributed by atoms with Gasteiger partial charge in [-0.1, -0.05) is 168 Å². The molecule has 8 heteroatoms. The molecule has 0 bridgehead atoms. The van der Waals surface area contributed by atoms with E-state index >= 15 is 0 Å². The predicted molar refractivity (Wildman–Crippen MR) is 164 cm³/mol. The first-order valence-electron chi connectivity index (χ1n) is 16.6. The van der Waals surface area contributed by atoms with Crippen LogP contribution in [0.1, 0.15) is 181 Å². The van der Waals surface area contributed by atoms with E-state index in [1.165, 1.54) is 83.5 Å². The minimum atomic E-state index is -5.13. The minimum absolute atomic E-state index is 0.0723. The molecule has 2 unspecified atom stereocenters. The van der Waals surface area contributed by atoms with Crippen molar-refractivity contribution in [1.82, 2.24) is 0 Å². The van der Waals surface area contributed by atoms with Gasteiger partial charge in [0.1, 0.15) is 0 Å². The Balaban J connectivity index is 4.57. The van der Waals surface area contributed by atoms with Crippen LogP contribution in [0.4, 0.5) is 0 Å². The number of carboxylic acids is 2. The lowest BCUT2D eigenvalue weighted by Crippen LogP contribution is -2.55. The zero-order valence-corrected chi connectivity index (χ0v) is 26.7. The Morgan fingerprint density at radius 3 is 1.12 bits per heavy atom. The van der Waals surface area contributed by atoms with E-state index in [2.05, 4.69) is 13.8 Å². The Morgan fingerprint density at radius 2 is 0.850 bits per heavy atom. The summed E-state index contributed by atoms with van der Waals surface area (Å²) in [5.74, 6) is -4.90. The second-order valence-electron chi connectivity index (χ2n) is 11.9. The molecule has 0 aromatic rings. The van der Waals surface area contributed by atoms with E-state index in [1.54, 1.807) is 0 Å². The molecule has 0 saturated carbocycles. The number of rotatable bonds is 30. The van der Waals surface area contributed by atoms with Gasteiger partial charge in [0.25, 0.3) is 10.1 Å². The van der Waals surface area contributed by atoms with Gasteiger partial charge in [-0.3, -0.25) is 14.1 Å². The predicted octanol–water partition coefficient (Wildman–Crippen LogP) is 9.58. The van der Waals surface area contributed by atoms with Crippen molar-refractivity contribution in [3.05, 3.63) is 0 Å². The molecule has 0 saturated heterocycles. The molecular formula is C32H62O7S. The van der Waals surface area contributed by atoms with E-state index in [9.17, 15) is 32.8 Å². The van der Waals surface area contributed by atoms with Crippen LogP contribution in [0.2, 0.25) is 0 Å². The normalized spacial score (nSPS) is 14.2. The number of hydrogen-bond donors (Lipinski definition) is 3. The number of unbranched alkanes of at least 4 members (excludes halogenated alkanes) is 22. The average molecular weight is 591 g/mol. The number of carboxylic acid groups (broad SMARTS) is 2. The molecule has 0 spiro atoms. The van der Waals surface area contributed by atoms with Gasteiger partial charge in [-0.05, 0) is 12.8 Å². The van der Waals surface area contributed by atoms with Gasteiger partial charge in [0.15, 0.2) is 0 Å². The molecule has 3 N–H and O–H groups in total. The lowest BCUT2D eigenvalue weighted by molar-refractivity contribution is -0.152.